The Morgan fingerprint density at radius 3 is 2.63 bits per heavy atom. The van der Waals surface area contributed by atoms with E-state index in [1.165, 1.54) is 9.48 Å². The summed E-state index contributed by atoms with van der Waals surface area (Å²) in [6.45, 7) is 7.17. The molecule has 0 bridgehead atoms. The number of nitrogens with zero attached hydrogens (tertiary/aromatic N) is 8. The Kier molecular flexibility index (Phi) is 5.30. The molecule has 4 heterocycles. The molecule has 0 saturated heterocycles. The van der Waals surface area contributed by atoms with Crippen LogP contribution in [-0.2, 0) is 14.1 Å². The third-order valence-electron chi connectivity index (χ3n) is 5.15. The Hall–Kier alpha value is -5.25. The molecule has 5 rings (SSSR count). The number of H-pyrrole nitrogens is 1. The van der Waals surface area contributed by atoms with Crippen molar-refractivity contribution in [2.24, 2.45) is 14.1 Å². The molecule has 0 spiro atoms. The number of hydrogen-bond donors (Lipinski definition) is 3. The Labute approximate surface area is 198 Å². The van der Waals surface area contributed by atoms with E-state index in [0.717, 1.165) is 0 Å². The minimum Gasteiger partial charge on any atom is -0.494 e. The van der Waals surface area contributed by atoms with Gasteiger partial charge in [-0.2, -0.15) is 4.80 Å². The van der Waals surface area contributed by atoms with Gasteiger partial charge in [-0.25, -0.2) is 4.98 Å². The molecule has 4 aromatic heterocycles. The lowest BCUT2D eigenvalue weighted by molar-refractivity contribution is 0.418. The van der Waals surface area contributed by atoms with Crippen molar-refractivity contribution in [2.75, 3.05) is 17.7 Å². The zero-order valence-electron chi connectivity index (χ0n) is 18.9. The van der Waals surface area contributed by atoms with Crippen molar-refractivity contribution >= 4 is 39.9 Å². The highest BCUT2D eigenvalue weighted by Crippen LogP contribution is 2.37. The van der Waals surface area contributed by atoms with E-state index in [1.54, 1.807) is 45.5 Å². The number of hydrogen-bond acceptors (Lipinski definition) is 9. The largest absolute Gasteiger partial charge is 0.494 e. The number of benzene rings is 1. The van der Waals surface area contributed by atoms with Crippen LogP contribution in [0.2, 0.25) is 0 Å². The zero-order chi connectivity index (χ0) is 24.5. The third kappa shape index (κ3) is 4.00. The number of methoxy groups -OCH3 is 1. The van der Waals surface area contributed by atoms with Gasteiger partial charge in [0.25, 0.3) is 11.4 Å². The number of pyridine rings is 2. The molecule has 5 aromatic rings. The van der Waals surface area contributed by atoms with Gasteiger partial charge in [0.2, 0.25) is 11.6 Å². The van der Waals surface area contributed by atoms with Crippen LogP contribution in [0.1, 0.15) is 0 Å². The number of nitrogens with one attached hydrogen (secondary N) is 3. The van der Waals surface area contributed by atoms with Crippen LogP contribution in [0, 0.1) is 6.57 Å². The van der Waals surface area contributed by atoms with Gasteiger partial charge in [0.15, 0.2) is 11.4 Å². The van der Waals surface area contributed by atoms with Gasteiger partial charge in [0.1, 0.15) is 11.2 Å². The van der Waals surface area contributed by atoms with Crippen molar-refractivity contribution in [2.45, 2.75) is 0 Å². The van der Waals surface area contributed by atoms with E-state index in [0.29, 0.717) is 51.2 Å². The summed E-state index contributed by atoms with van der Waals surface area (Å²) < 4.78 is 7.02. The molecule has 0 unspecified atom stereocenters. The summed E-state index contributed by atoms with van der Waals surface area (Å²) in [4.78, 5) is 26.3. The average molecular weight is 469 g/mol. The number of para-hydroxylation sites is 1. The van der Waals surface area contributed by atoms with Crippen molar-refractivity contribution in [1.29, 1.82) is 0 Å². The molecular weight excluding hydrogens is 450 g/mol. The predicted molar refractivity (Wildman–Crippen MR) is 129 cm³/mol. The number of aromatic nitrogens is 8. The summed E-state index contributed by atoms with van der Waals surface area (Å²) in [5.41, 5.74) is 1.84. The van der Waals surface area contributed by atoms with Crippen molar-refractivity contribution in [3.63, 3.8) is 0 Å². The van der Waals surface area contributed by atoms with Gasteiger partial charge in [0.05, 0.1) is 31.1 Å². The molecular formula is C22H19N11O2. The number of anilines is 4. The maximum absolute atomic E-state index is 12.9. The molecule has 174 valence electrons. The molecule has 0 fully saturated rings. The van der Waals surface area contributed by atoms with Crippen LogP contribution in [-0.4, -0.2) is 47.1 Å². The Bertz CT molecular complexity index is 1660. The molecule has 1 aromatic carbocycles. The highest BCUT2D eigenvalue weighted by atomic mass is 16.5. The van der Waals surface area contributed by atoms with E-state index in [9.17, 15) is 4.79 Å². The van der Waals surface area contributed by atoms with Gasteiger partial charge >= 0.3 is 0 Å². The number of rotatable bonds is 6. The van der Waals surface area contributed by atoms with Crippen molar-refractivity contribution in [1.82, 2.24) is 40.0 Å². The first-order valence-corrected chi connectivity index (χ1v) is 10.4. The Morgan fingerprint density at radius 1 is 1.06 bits per heavy atom. The van der Waals surface area contributed by atoms with Crippen LogP contribution < -0.4 is 20.9 Å². The van der Waals surface area contributed by atoms with Gasteiger partial charge in [-0.05, 0) is 23.4 Å². The maximum Gasteiger partial charge on any atom is 0.277 e. The molecule has 13 heteroatoms. The van der Waals surface area contributed by atoms with E-state index in [-0.39, 0.29) is 11.4 Å². The quantitative estimate of drug-likeness (QED) is 0.320. The van der Waals surface area contributed by atoms with Crippen molar-refractivity contribution in [3.8, 4) is 17.1 Å². The first-order valence-electron chi connectivity index (χ1n) is 10.4. The summed E-state index contributed by atoms with van der Waals surface area (Å²) in [6.07, 6.45) is 0. The highest BCUT2D eigenvalue weighted by molar-refractivity contribution is 5.94. The first kappa shape index (κ1) is 21.6. The van der Waals surface area contributed by atoms with Gasteiger partial charge < -0.3 is 20.2 Å². The predicted octanol–water partition coefficient (Wildman–Crippen LogP) is 2.89. The minimum absolute atomic E-state index is 0.250. The number of aryl methyl sites for hydroxylation is 2. The van der Waals surface area contributed by atoms with Gasteiger partial charge in [-0.15, -0.1) is 15.2 Å². The van der Waals surface area contributed by atoms with Gasteiger partial charge in [-0.3, -0.25) is 14.6 Å². The van der Waals surface area contributed by atoms with E-state index in [2.05, 4.69) is 46.0 Å². The van der Waals surface area contributed by atoms with Crippen LogP contribution in [0.4, 0.5) is 28.8 Å². The van der Waals surface area contributed by atoms with E-state index in [1.807, 2.05) is 18.2 Å². The maximum atomic E-state index is 12.9. The van der Waals surface area contributed by atoms with Crippen LogP contribution >= 0.6 is 0 Å². The Balaban J connectivity index is 1.61. The fraction of sp³-hybridized carbons (Fsp3) is 0.136. The smallest absolute Gasteiger partial charge is 0.277 e. The fourth-order valence-electron chi connectivity index (χ4n) is 3.64. The van der Waals surface area contributed by atoms with Crippen LogP contribution in [0.5, 0.6) is 5.75 Å². The van der Waals surface area contributed by atoms with E-state index in [4.69, 9.17) is 11.3 Å². The molecule has 0 aliphatic heterocycles. The third-order valence-corrected chi connectivity index (χ3v) is 5.15. The number of ether oxygens (including phenoxy) is 1. The molecule has 0 aliphatic rings. The fourth-order valence-corrected chi connectivity index (χ4v) is 3.64. The molecule has 0 atom stereocenters. The SMILES string of the molecule is [C-]#[N+]c1cccc(Nc2cc(Nc3cccc(-c4nnn(C)n4)c3OC)c3c(=O)n(C)[nH]c3n2)n1. The lowest BCUT2D eigenvalue weighted by Gasteiger charge is -2.14. The second-order valence-electron chi connectivity index (χ2n) is 7.49. The molecule has 13 nitrogen and oxygen atoms in total. The lowest BCUT2D eigenvalue weighted by atomic mass is 10.1. The second-order valence-corrected chi connectivity index (χ2v) is 7.49. The first-order chi connectivity index (χ1) is 17.0. The van der Waals surface area contributed by atoms with E-state index < -0.39 is 0 Å². The lowest BCUT2D eigenvalue weighted by Crippen LogP contribution is -2.12. The minimum atomic E-state index is -0.250. The van der Waals surface area contributed by atoms with Crippen molar-refractivity contribution in [3.05, 3.63) is 64.2 Å². The summed E-state index contributed by atoms with van der Waals surface area (Å²) in [5.74, 6) is 2.00. The van der Waals surface area contributed by atoms with Crippen LogP contribution in [0.3, 0.4) is 0 Å². The van der Waals surface area contributed by atoms with Crippen LogP contribution in [0.25, 0.3) is 27.3 Å². The summed E-state index contributed by atoms with van der Waals surface area (Å²) in [5, 5.41) is 21.9. The Morgan fingerprint density at radius 2 is 1.89 bits per heavy atom. The number of fused-ring (bicyclic) bond motifs is 1. The van der Waals surface area contributed by atoms with Gasteiger partial charge in [-0.1, -0.05) is 18.7 Å². The molecule has 0 radical (unpaired) electrons. The zero-order valence-corrected chi connectivity index (χ0v) is 18.9. The molecule has 0 aliphatic carbocycles. The average Bonchev–Trinajstić information content (AvgIpc) is 3.41. The molecule has 3 N–H and O–H groups in total. The molecule has 35 heavy (non-hydrogen) atoms. The van der Waals surface area contributed by atoms with E-state index >= 15 is 0 Å². The highest BCUT2D eigenvalue weighted by Gasteiger charge is 2.19. The monoisotopic (exact) mass is 469 g/mol. The van der Waals surface area contributed by atoms with Crippen molar-refractivity contribution < 1.29 is 4.74 Å². The number of tetrazole rings is 1. The summed E-state index contributed by atoms with van der Waals surface area (Å²) in [7, 11) is 4.83. The summed E-state index contributed by atoms with van der Waals surface area (Å²) in [6, 6.07) is 12.2. The van der Waals surface area contributed by atoms with Crippen LogP contribution in [0.15, 0.2) is 47.3 Å². The standard InChI is InChI=1S/C22H19N11O2/c1-23-15-9-6-10-16(25-15)26-17-11-14(18-21(27-17)29-32(2)22(18)34)24-13-8-5-7-12(19(13)35-4)20-28-31-33(3)30-20/h5-11H,2-4H3,(H3,24,25,26,27,29). The van der Waals surface area contributed by atoms with Gasteiger partial charge in [0, 0.05) is 19.2 Å². The second kappa shape index (κ2) is 8.60. The topological polar surface area (TPSA) is 145 Å². The summed E-state index contributed by atoms with van der Waals surface area (Å²) >= 11 is 0. The molecule has 0 saturated carbocycles. The normalized spacial score (nSPS) is 10.8. The number of aromatic amines is 1. The molecule has 0 amide bonds.